The first-order chi connectivity index (χ1) is 13.4. The largest absolute Gasteiger partial charge is 0.322 e. The summed E-state index contributed by atoms with van der Waals surface area (Å²) in [4.78, 5) is 24.9. The van der Waals surface area contributed by atoms with Gasteiger partial charge < -0.3 is 5.32 Å². The molecule has 0 bridgehead atoms. The lowest BCUT2D eigenvalue weighted by Crippen LogP contribution is -2.44. The first kappa shape index (κ1) is 7.29. The molecule has 1 fully saturated rings. The van der Waals surface area contributed by atoms with E-state index in [1.165, 1.54) is 0 Å². The third kappa shape index (κ3) is 2.26. The Balaban J connectivity index is 2.59. The minimum atomic E-state index is -2.58. The molecule has 0 radical (unpaired) electrons. The molecule has 21 heavy (non-hydrogen) atoms. The third-order valence-electron chi connectivity index (χ3n) is 2.81. The van der Waals surface area contributed by atoms with E-state index >= 15 is 0 Å². The second-order valence-electron chi connectivity index (χ2n) is 4.04. The lowest BCUT2D eigenvalue weighted by atomic mass is 9.83. The Bertz CT molecular complexity index is 997. The van der Waals surface area contributed by atoms with Crippen LogP contribution in [0.5, 0.6) is 0 Å². The van der Waals surface area contributed by atoms with Gasteiger partial charge in [-0.25, -0.2) is 4.79 Å². The number of amides is 3. The third-order valence-corrected chi connectivity index (χ3v) is 3.19. The highest BCUT2D eigenvalue weighted by atomic mass is 35.5. The Morgan fingerprint density at radius 2 is 1.29 bits per heavy atom. The van der Waals surface area contributed by atoms with E-state index in [1.807, 2.05) is 5.32 Å². The van der Waals surface area contributed by atoms with Crippen LogP contribution in [0.2, 0.25) is 10.0 Å². The zero-order chi connectivity index (χ0) is 22.0. The van der Waals surface area contributed by atoms with Gasteiger partial charge in [0.15, 0.2) is 5.54 Å². The summed E-state index contributed by atoms with van der Waals surface area (Å²) in [5.74, 6) is -1.20. The smallest absolute Gasteiger partial charge is 0.316 e. The molecule has 2 aromatic carbocycles. The quantitative estimate of drug-likeness (QED) is 0.832. The monoisotopic (exact) mass is 328 g/mol. The Morgan fingerprint density at radius 1 is 0.857 bits per heavy atom. The maximum Gasteiger partial charge on any atom is 0.322 e. The van der Waals surface area contributed by atoms with Gasteiger partial charge in [0.05, 0.1) is 11.0 Å². The predicted octanol–water partition coefficient (Wildman–Crippen LogP) is 3.08. The van der Waals surface area contributed by atoms with Crippen molar-refractivity contribution in [3.63, 3.8) is 0 Å². The topological polar surface area (TPSA) is 58.2 Å². The van der Waals surface area contributed by atoms with Crippen molar-refractivity contribution in [3.05, 3.63) is 69.5 Å². The van der Waals surface area contributed by atoms with Gasteiger partial charge in [0, 0.05) is 10.0 Å². The van der Waals surface area contributed by atoms with Gasteiger partial charge in [-0.15, -0.1) is 0 Å². The van der Waals surface area contributed by atoms with Crippen LogP contribution in [0.15, 0.2) is 48.3 Å². The number of benzene rings is 2. The zero-order valence-electron chi connectivity index (χ0n) is 18.1. The van der Waals surface area contributed by atoms with Crippen molar-refractivity contribution >= 4 is 35.1 Å². The molecule has 0 aliphatic carbocycles. The maximum absolute atomic E-state index is 12.9. The fraction of sp³-hybridized carbons (Fsp3) is 0.0667. The Labute approximate surface area is 142 Å². The number of hydrogen-bond donors (Lipinski definition) is 2. The lowest BCUT2D eigenvalue weighted by molar-refractivity contribution is -0.122. The van der Waals surface area contributed by atoms with Gasteiger partial charge in [-0.3, -0.25) is 10.1 Å². The highest BCUT2D eigenvalue weighted by Crippen LogP contribution is 2.33. The summed E-state index contributed by atoms with van der Waals surface area (Å²) in [6, 6.07) is -7.09. The van der Waals surface area contributed by atoms with E-state index in [2.05, 4.69) is 5.32 Å². The molecule has 6 heteroatoms. The van der Waals surface area contributed by atoms with Crippen LogP contribution in [-0.2, 0) is 10.3 Å². The molecule has 3 rings (SSSR count). The molecular formula is C15H10Cl2N2O2. The summed E-state index contributed by atoms with van der Waals surface area (Å²) in [6.45, 7) is 0. The summed E-state index contributed by atoms with van der Waals surface area (Å²) in [6.07, 6.45) is 0. The van der Waals surface area contributed by atoms with Gasteiger partial charge in [-0.2, -0.15) is 0 Å². The summed E-state index contributed by atoms with van der Waals surface area (Å²) >= 11 is 11.6. The van der Waals surface area contributed by atoms with Crippen LogP contribution >= 0.6 is 23.2 Å². The van der Waals surface area contributed by atoms with E-state index in [1.54, 1.807) is 0 Å². The molecule has 106 valence electrons. The number of halogens is 2. The molecule has 0 atom stereocenters. The molecule has 1 saturated heterocycles. The predicted molar refractivity (Wildman–Crippen MR) is 80.4 cm³/mol. The van der Waals surface area contributed by atoms with Gasteiger partial charge in [0.1, 0.15) is 0 Å². The van der Waals surface area contributed by atoms with Gasteiger partial charge >= 0.3 is 6.03 Å². The zero-order valence-corrected chi connectivity index (χ0v) is 11.6. The number of nitrogens with one attached hydrogen (secondary N) is 2. The van der Waals surface area contributed by atoms with E-state index in [0.29, 0.717) is 0 Å². The van der Waals surface area contributed by atoms with Crippen LogP contribution in [0.1, 0.15) is 22.1 Å². The first-order valence-corrected chi connectivity index (χ1v) is 6.29. The number of rotatable bonds is 2. The molecule has 3 amide bonds. The molecule has 0 saturated carbocycles. The molecule has 1 aliphatic heterocycles. The number of carbonyl (C=O) groups is 2. The lowest BCUT2D eigenvalue weighted by Gasteiger charge is -2.27. The van der Waals surface area contributed by atoms with Crippen molar-refractivity contribution in [2.45, 2.75) is 5.54 Å². The molecule has 0 unspecified atom stereocenters. The Kier molecular flexibility index (Phi) is 1.76. The molecule has 1 aliphatic rings. The van der Waals surface area contributed by atoms with Gasteiger partial charge in [-0.05, 0) is 35.3 Å². The van der Waals surface area contributed by atoms with Crippen LogP contribution in [0, 0.1) is 0 Å². The average Bonchev–Trinajstić information content (AvgIpc) is 2.96. The highest BCUT2D eigenvalue weighted by molar-refractivity contribution is 6.31. The van der Waals surface area contributed by atoms with Crippen LogP contribution < -0.4 is 10.6 Å². The highest BCUT2D eigenvalue weighted by Gasteiger charge is 2.49. The summed E-state index contributed by atoms with van der Waals surface area (Å²) in [7, 11) is 0. The van der Waals surface area contributed by atoms with Crippen LogP contribution in [0.25, 0.3) is 0 Å². The summed E-state index contributed by atoms with van der Waals surface area (Å²) in [5, 5.41) is 2.99. The molecule has 2 N–H and O–H groups in total. The fourth-order valence-corrected chi connectivity index (χ4v) is 2.09. The minimum Gasteiger partial charge on any atom is -0.316 e. The second kappa shape index (κ2) is 5.06. The molecule has 4 nitrogen and oxygen atoms in total. The summed E-state index contributed by atoms with van der Waals surface area (Å²) < 4.78 is 64.5. The second-order valence-corrected chi connectivity index (χ2v) is 4.79. The van der Waals surface area contributed by atoms with Crippen LogP contribution in [0.3, 0.4) is 0 Å². The van der Waals surface area contributed by atoms with Crippen LogP contribution in [-0.4, -0.2) is 11.9 Å². The number of carbonyl (C=O) groups excluding carboxylic acids is 2. The van der Waals surface area contributed by atoms with Crippen molar-refractivity contribution in [2.24, 2.45) is 0 Å². The number of imide groups is 1. The Hall–Kier alpha value is -2.04. The fourth-order valence-electron chi connectivity index (χ4n) is 1.90. The maximum atomic E-state index is 12.9. The first-order valence-electron chi connectivity index (χ1n) is 9.54. The standard InChI is InChI=1S/C15H10Cl2N2O2/c16-11-5-1-9(2-6-11)15(13(20)18-14(21)19-15)10-3-7-12(17)8-4-10/h1-8H,(H2,18,19,20,21)/i1D,2D,3D,4D,5D,6D,7D,8D. The van der Waals surface area contributed by atoms with E-state index in [0.717, 1.165) is 0 Å². The van der Waals surface area contributed by atoms with E-state index in [9.17, 15) is 9.59 Å². The van der Waals surface area contributed by atoms with Crippen molar-refractivity contribution in [1.82, 2.24) is 10.6 Å². The van der Waals surface area contributed by atoms with E-state index < -0.39 is 87.0 Å². The molecule has 2 aromatic rings. The van der Waals surface area contributed by atoms with Gasteiger partial charge in [0.25, 0.3) is 5.91 Å². The number of urea groups is 1. The van der Waals surface area contributed by atoms with Gasteiger partial charge in [0.2, 0.25) is 0 Å². The van der Waals surface area contributed by atoms with Crippen molar-refractivity contribution < 1.29 is 20.6 Å². The van der Waals surface area contributed by atoms with Gasteiger partial charge in [-0.1, -0.05) is 47.4 Å². The van der Waals surface area contributed by atoms with Crippen LogP contribution in [0.4, 0.5) is 4.79 Å². The molecular weight excluding hydrogens is 311 g/mol. The molecule has 0 spiro atoms. The van der Waals surface area contributed by atoms with E-state index in [4.69, 9.17) is 34.2 Å². The summed E-state index contributed by atoms with van der Waals surface area (Å²) in [5.41, 5.74) is -3.93. The van der Waals surface area contributed by atoms with E-state index in [-0.39, 0.29) is 0 Å². The van der Waals surface area contributed by atoms with Crippen molar-refractivity contribution in [2.75, 3.05) is 0 Å². The van der Waals surface area contributed by atoms with Crippen molar-refractivity contribution in [1.29, 1.82) is 0 Å². The Morgan fingerprint density at radius 3 is 1.62 bits per heavy atom. The molecule has 1 heterocycles. The molecule has 0 aromatic heterocycles. The normalized spacial score (nSPS) is 21.8. The van der Waals surface area contributed by atoms with Crippen molar-refractivity contribution in [3.8, 4) is 0 Å². The SMILES string of the molecule is [2H]c1c([2H])c(C2(c3c([2H])c([2H])c(Cl)c([2H])c3[2H])NC(=O)NC2=O)c([2H])c([2H])c1Cl. The minimum absolute atomic E-state index is 0.528. The average molecular weight is 329 g/mol. The number of hydrogen-bond acceptors (Lipinski definition) is 2.